The maximum absolute atomic E-state index is 14.5. The van der Waals surface area contributed by atoms with E-state index < -0.39 is 46.2 Å². The summed E-state index contributed by atoms with van der Waals surface area (Å²) in [5, 5.41) is 12.7. The van der Waals surface area contributed by atoms with Gasteiger partial charge < -0.3 is 9.94 Å². The minimum atomic E-state index is -4.98. The number of benzene rings is 1. The summed E-state index contributed by atoms with van der Waals surface area (Å²) >= 11 is 5.94. The molecule has 32 heavy (non-hydrogen) atoms. The molecule has 174 valence electrons. The molecule has 0 aliphatic carbocycles. The zero-order chi connectivity index (χ0) is 24.4. The fraction of sp³-hybridized carbons (Fsp3) is 0.368. The van der Waals surface area contributed by atoms with Crippen molar-refractivity contribution in [2.75, 3.05) is 0 Å². The van der Waals surface area contributed by atoms with Gasteiger partial charge in [0, 0.05) is 18.7 Å². The highest BCUT2D eigenvalue weighted by molar-refractivity contribution is 6.33. The first-order chi connectivity index (χ1) is 14.8. The number of aromatic nitrogens is 2. The number of aliphatic carboxylic acids is 1. The first kappa shape index (κ1) is 25.1. The Morgan fingerprint density at radius 1 is 1.22 bits per heavy atom. The summed E-state index contributed by atoms with van der Waals surface area (Å²) in [6.07, 6.45) is -3.88. The van der Waals surface area contributed by atoms with E-state index in [0.717, 1.165) is 25.4 Å². The van der Waals surface area contributed by atoms with Crippen molar-refractivity contribution in [3.63, 3.8) is 0 Å². The summed E-state index contributed by atoms with van der Waals surface area (Å²) < 4.78 is 53.9. The lowest BCUT2D eigenvalue weighted by molar-refractivity contribution is -0.167. The summed E-state index contributed by atoms with van der Waals surface area (Å²) in [7, 11) is 0.784. The summed E-state index contributed by atoms with van der Waals surface area (Å²) in [4.78, 5) is 41.2. The zero-order valence-electron chi connectivity index (χ0n) is 17.0. The topological polar surface area (TPSA) is 103 Å². The van der Waals surface area contributed by atoms with Crippen LogP contribution in [0.1, 0.15) is 37.9 Å². The van der Waals surface area contributed by atoms with E-state index in [9.17, 15) is 37.1 Å². The van der Waals surface area contributed by atoms with Crippen molar-refractivity contribution < 1.29 is 32.3 Å². The molecule has 0 unspecified atom stereocenters. The molecule has 1 N–H and O–H groups in total. The Balaban J connectivity index is 2.60. The van der Waals surface area contributed by atoms with E-state index >= 15 is 0 Å². The van der Waals surface area contributed by atoms with Crippen molar-refractivity contribution in [3.05, 3.63) is 61.1 Å². The Hall–Kier alpha value is -3.15. The molecule has 0 saturated heterocycles. The molecule has 0 saturated carbocycles. The van der Waals surface area contributed by atoms with Gasteiger partial charge in [0.15, 0.2) is 0 Å². The summed E-state index contributed by atoms with van der Waals surface area (Å²) in [5.74, 6) is -2.42. The van der Waals surface area contributed by atoms with Crippen LogP contribution in [0.3, 0.4) is 0 Å². The van der Waals surface area contributed by atoms with E-state index in [1.807, 2.05) is 0 Å². The first-order valence-electron chi connectivity index (χ1n) is 9.13. The lowest BCUT2D eigenvalue weighted by Crippen LogP contribution is -2.41. The van der Waals surface area contributed by atoms with Gasteiger partial charge in [-0.15, -0.1) is 0 Å². The fourth-order valence-corrected chi connectivity index (χ4v) is 3.05. The van der Waals surface area contributed by atoms with Crippen molar-refractivity contribution in [2.45, 2.75) is 38.5 Å². The highest BCUT2D eigenvalue weighted by atomic mass is 35.5. The van der Waals surface area contributed by atoms with Crippen LogP contribution in [0.2, 0.25) is 5.02 Å². The Bertz CT molecular complexity index is 1180. The van der Waals surface area contributed by atoms with E-state index in [1.165, 1.54) is 0 Å². The molecule has 1 aromatic carbocycles. The van der Waals surface area contributed by atoms with Gasteiger partial charge in [0.2, 0.25) is 5.60 Å². The number of halogens is 5. The van der Waals surface area contributed by atoms with Crippen molar-refractivity contribution in [1.29, 1.82) is 0 Å². The van der Waals surface area contributed by atoms with Crippen LogP contribution in [0.4, 0.5) is 17.6 Å². The average molecular weight is 480 g/mol. The largest absolute Gasteiger partial charge is 0.478 e. The van der Waals surface area contributed by atoms with Gasteiger partial charge in [-0.2, -0.15) is 13.2 Å². The van der Waals surface area contributed by atoms with Crippen LogP contribution in [0.25, 0.3) is 5.69 Å². The van der Waals surface area contributed by atoms with E-state index in [2.05, 4.69) is 5.16 Å². The zero-order valence-corrected chi connectivity index (χ0v) is 17.8. The highest BCUT2D eigenvalue weighted by Crippen LogP contribution is 2.27. The second kappa shape index (κ2) is 9.15. The molecule has 0 amide bonds. The lowest BCUT2D eigenvalue weighted by Gasteiger charge is -2.23. The van der Waals surface area contributed by atoms with Gasteiger partial charge in [0.05, 0.1) is 16.9 Å². The van der Waals surface area contributed by atoms with Crippen LogP contribution in [0.5, 0.6) is 0 Å². The Morgan fingerprint density at radius 2 is 1.81 bits per heavy atom. The predicted molar refractivity (Wildman–Crippen MR) is 107 cm³/mol. The molecular formula is C19H18ClF4N3O5. The second-order valence-electron chi connectivity index (χ2n) is 6.70. The molecule has 0 bridgehead atoms. The normalized spacial score (nSPS) is 12.4. The Labute approximate surface area is 183 Å². The highest BCUT2D eigenvalue weighted by Gasteiger charge is 2.38. The number of carbonyl (C=O) groups is 1. The van der Waals surface area contributed by atoms with Crippen molar-refractivity contribution >= 4 is 23.8 Å². The Morgan fingerprint density at radius 3 is 2.31 bits per heavy atom. The Kier molecular flexibility index (Phi) is 7.18. The maximum Gasteiger partial charge on any atom is 0.431 e. The van der Waals surface area contributed by atoms with Crippen LogP contribution in [0.15, 0.2) is 32.9 Å². The third-order valence-electron chi connectivity index (χ3n) is 4.87. The second-order valence-corrected chi connectivity index (χ2v) is 7.11. The standard InChI is InChI=1S/C19H18ClF4N3O5/c1-4-18(5-2,16(29)30)32-25-9-10-6-13(12(21)7-11(10)20)27-15(28)8-14(19(22,23)24)26(3)17(27)31/h6-9H,4-5H2,1-3H3,(H,29,30)/b25-9+. The van der Waals surface area contributed by atoms with E-state index in [-0.39, 0.29) is 38.6 Å². The summed E-state index contributed by atoms with van der Waals surface area (Å²) in [5.41, 5.74) is -6.73. The number of alkyl halides is 3. The molecule has 0 atom stereocenters. The van der Waals surface area contributed by atoms with Gasteiger partial charge >= 0.3 is 17.8 Å². The third kappa shape index (κ3) is 4.69. The molecule has 0 fully saturated rings. The number of nitrogens with zero attached hydrogens (tertiary/aromatic N) is 3. The molecule has 0 aliphatic heterocycles. The van der Waals surface area contributed by atoms with Crippen LogP contribution in [0, 0.1) is 5.82 Å². The quantitative estimate of drug-likeness (QED) is 0.373. The van der Waals surface area contributed by atoms with Gasteiger partial charge in [-0.05, 0) is 25.0 Å². The minimum Gasteiger partial charge on any atom is -0.478 e. The summed E-state index contributed by atoms with van der Waals surface area (Å²) in [6, 6.07) is 1.79. The van der Waals surface area contributed by atoms with Gasteiger partial charge in [-0.1, -0.05) is 30.6 Å². The molecule has 0 spiro atoms. The molecule has 2 aromatic rings. The van der Waals surface area contributed by atoms with Crippen LogP contribution in [-0.4, -0.2) is 32.0 Å². The molecule has 0 radical (unpaired) electrons. The number of carboxylic acid groups (broad SMARTS) is 1. The van der Waals surface area contributed by atoms with Gasteiger partial charge in [0.25, 0.3) is 5.56 Å². The molecule has 13 heteroatoms. The number of hydrogen-bond acceptors (Lipinski definition) is 5. The van der Waals surface area contributed by atoms with E-state index in [0.29, 0.717) is 0 Å². The molecule has 1 aromatic heterocycles. The van der Waals surface area contributed by atoms with Gasteiger partial charge in [-0.25, -0.2) is 18.5 Å². The van der Waals surface area contributed by atoms with Crippen molar-refractivity contribution in [1.82, 2.24) is 9.13 Å². The van der Waals surface area contributed by atoms with E-state index in [4.69, 9.17) is 16.4 Å². The average Bonchev–Trinajstić information content (AvgIpc) is 2.70. The third-order valence-corrected chi connectivity index (χ3v) is 5.20. The first-order valence-corrected chi connectivity index (χ1v) is 9.51. The van der Waals surface area contributed by atoms with Crippen molar-refractivity contribution in [2.24, 2.45) is 12.2 Å². The maximum atomic E-state index is 14.5. The monoisotopic (exact) mass is 479 g/mol. The number of hydrogen-bond donors (Lipinski definition) is 1. The van der Waals surface area contributed by atoms with Crippen LogP contribution < -0.4 is 11.2 Å². The fourth-order valence-electron chi connectivity index (χ4n) is 2.85. The number of carboxylic acids is 1. The predicted octanol–water partition coefficient (Wildman–Crippen LogP) is 3.34. The molecule has 8 nitrogen and oxygen atoms in total. The molecule has 2 rings (SSSR count). The molecular weight excluding hydrogens is 462 g/mol. The lowest BCUT2D eigenvalue weighted by atomic mass is 9.98. The van der Waals surface area contributed by atoms with Gasteiger partial charge in [-0.3, -0.25) is 9.36 Å². The van der Waals surface area contributed by atoms with Gasteiger partial charge in [0.1, 0.15) is 11.5 Å². The van der Waals surface area contributed by atoms with Crippen LogP contribution >= 0.6 is 11.6 Å². The SMILES string of the molecule is CCC(CC)(O/N=C/c1cc(-n2c(=O)cc(C(F)(F)F)n(C)c2=O)c(F)cc1Cl)C(=O)O. The summed E-state index contributed by atoms with van der Waals surface area (Å²) in [6.45, 7) is 3.14. The minimum absolute atomic E-state index is 0.0789. The van der Waals surface area contributed by atoms with Crippen molar-refractivity contribution in [3.8, 4) is 5.69 Å². The van der Waals surface area contributed by atoms with E-state index in [1.54, 1.807) is 13.8 Å². The molecule has 0 aliphatic rings. The number of oxime groups is 1. The number of rotatable bonds is 7. The van der Waals surface area contributed by atoms with Crippen LogP contribution in [-0.2, 0) is 22.9 Å². The molecule has 1 heterocycles. The smallest absolute Gasteiger partial charge is 0.431 e.